The first kappa shape index (κ1) is 27.8. The molecule has 1 saturated heterocycles. The first-order valence-corrected chi connectivity index (χ1v) is 14.7. The molecule has 0 aromatic carbocycles. The van der Waals surface area contributed by atoms with Crippen LogP contribution in [0.5, 0.6) is 0 Å². The third kappa shape index (κ3) is 3.95. The number of fused-ring (bicyclic) bond motifs is 5. The first-order valence-electron chi connectivity index (χ1n) is 14.7. The number of hydrogen-bond donors (Lipinski definition) is 5. The molecule has 1 aromatic rings. The largest absolute Gasteiger partial charge is 0.431 e. The second kappa shape index (κ2) is 9.34. The van der Waals surface area contributed by atoms with E-state index in [1.54, 1.807) is 13.2 Å². The van der Waals surface area contributed by atoms with Gasteiger partial charge < -0.3 is 39.4 Å². The Balaban J connectivity index is 1.20. The predicted molar refractivity (Wildman–Crippen MR) is 140 cm³/mol. The molecule has 5 unspecified atom stereocenters. The monoisotopic (exact) mass is 548 g/mol. The van der Waals surface area contributed by atoms with Crippen LogP contribution in [0.1, 0.15) is 90.0 Å². The minimum Gasteiger partial charge on any atom is -0.431 e. The number of rotatable bonds is 3. The average molecular weight is 549 g/mol. The Morgan fingerprint density at radius 1 is 0.872 bits per heavy atom. The minimum atomic E-state index is -1.37. The molecule has 0 amide bonds. The van der Waals surface area contributed by atoms with Crippen molar-refractivity contribution in [2.45, 2.75) is 132 Å². The lowest BCUT2D eigenvalue weighted by Gasteiger charge is -2.66. The van der Waals surface area contributed by atoms with Crippen molar-refractivity contribution in [3.8, 4) is 0 Å². The molecule has 13 atom stereocenters. The molecule has 1 aromatic heterocycles. The second-order valence-electron chi connectivity index (χ2n) is 13.7. The third-order valence-corrected chi connectivity index (χ3v) is 12.2. The minimum absolute atomic E-state index is 0.0701. The van der Waals surface area contributed by atoms with Crippen molar-refractivity contribution in [1.82, 2.24) is 0 Å². The highest BCUT2D eigenvalue weighted by molar-refractivity contribution is 5.27. The normalized spacial score (nSPS) is 53.5. The summed E-state index contributed by atoms with van der Waals surface area (Å²) in [5.74, 6) is 0.348. The number of hydrogen-bond acceptors (Lipinski definition) is 9. The fourth-order valence-corrected chi connectivity index (χ4v) is 9.71. The van der Waals surface area contributed by atoms with Gasteiger partial charge in [-0.2, -0.15) is 0 Å². The van der Waals surface area contributed by atoms with E-state index in [-0.39, 0.29) is 40.3 Å². The lowest BCUT2D eigenvalue weighted by atomic mass is 9.42. The zero-order valence-electron chi connectivity index (χ0n) is 23.2. The van der Waals surface area contributed by atoms with Gasteiger partial charge in [0.15, 0.2) is 6.29 Å². The van der Waals surface area contributed by atoms with E-state index in [0.717, 1.165) is 37.7 Å². The highest BCUT2D eigenvalue weighted by Crippen LogP contribution is 2.71. The lowest BCUT2D eigenvalue weighted by molar-refractivity contribution is -0.319. The summed E-state index contributed by atoms with van der Waals surface area (Å²) in [6, 6.07) is 3.31. The lowest BCUT2D eigenvalue weighted by Crippen LogP contribution is -2.67. The summed E-state index contributed by atoms with van der Waals surface area (Å²) in [6.07, 6.45) is 1.88. The molecular formula is C30H44O9. The smallest absolute Gasteiger partial charge is 0.335 e. The molecule has 5 N–H and O–H groups in total. The van der Waals surface area contributed by atoms with Gasteiger partial charge in [0, 0.05) is 17.9 Å². The summed E-state index contributed by atoms with van der Waals surface area (Å²) < 4.78 is 17.0. The van der Waals surface area contributed by atoms with Crippen LogP contribution in [0.3, 0.4) is 0 Å². The van der Waals surface area contributed by atoms with Gasteiger partial charge in [-0.1, -0.05) is 13.8 Å². The van der Waals surface area contributed by atoms with Crippen LogP contribution in [0.25, 0.3) is 0 Å². The number of aliphatic hydroxyl groups excluding tert-OH is 3. The molecule has 0 radical (unpaired) electrons. The Labute approximate surface area is 229 Å². The van der Waals surface area contributed by atoms with Gasteiger partial charge in [0.1, 0.15) is 18.3 Å². The number of aliphatic hydroxyl groups is 5. The zero-order chi connectivity index (χ0) is 28.0. The molecular weight excluding hydrogens is 504 g/mol. The highest BCUT2D eigenvalue weighted by Gasteiger charge is 2.70. The predicted octanol–water partition coefficient (Wildman–Crippen LogP) is 2.21. The topological polar surface area (TPSA) is 150 Å². The van der Waals surface area contributed by atoms with Crippen molar-refractivity contribution in [2.24, 2.45) is 22.7 Å². The Morgan fingerprint density at radius 2 is 1.59 bits per heavy atom. The summed E-state index contributed by atoms with van der Waals surface area (Å²) >= 11 is 0. The Morgan fingerprint density at radius 3 is 2.31 bits per heavy atom. The molecule has 5 fully saturated rings. The Bertz CT molecular complexity index is 1120. The van der Waals surface area contributed by atoms with Crippen LogP contribution in [0.15, 0.2) is 27.6 Å². The Kier molecular flexibility index (Phi) is 6.66. The summed E-state index contributed by atoms with van der Waals surface area (Å²) in [4.78, 5) is 11.6. The number of ether oxygens (including phenoxy) is 2. The fourth-order valence-electron chi connectivity index (χ4n) is 9.71. The van der Waals surface area contributed by atoms with Crippen molar-refractivity contribution >= 4 is 0 Å². The van der Waals surface area contributed by atoms with Crippen LogP contribution < -0.4 is 5.63 Å². The van der Waals surface area contributed by atoms with Crippen LogP contribution in [0, 0.1) is 22.7 Å². The van der Waals surface area contributed by atoms with E-state index in [1.807, 2.05) is 6.07 Å². The summed E-state index contributed by atoms with van der Waals surface area (Å²) in [5.41, 5.74) is -1.96. The molecule has 218 valence electrons. The molecule has 0 spiro atoms. The van der Waals surface area contributed by atoms with E-state index < -0.39 is 41.9 Å². The van der Waals surface area contributed by atoms with E-state index in [1.165, 1.54) is 6.07 Å². The molecule has 9 nitrogen and oxygen atoms in total. The van der Waals surface area contributed by atoms with Gasteiger partial charge in [-0.3, -0.25) is 0 Å². The maximum absolute atomic E-state index is 12.4. The quantitative estimate of drug-likeness (QED) is 0.358. The summed E-state index contributed by atoms with van der Waals surface area (Å²) in [5, 5.41) is 55.2. The molecule has 5 aliphatic rings. The van der Waals surface area contributed by atoms with Crippen LogP contribution >= 0.6 is 0 Å². The molecule has 2 heterocycles. The maximum atomic E-state index is 12.4. The van der Waals surface area contributed by atoms with Crippen molar-refractivity contribution < 1.29 is 39.4 Å². The van der Waals surface area contributed by atoms with E-state index >= 15 is 0 Å². The van der Waals surface area contributed by atoms with Gasteiger partial charge in [0.25, 0.3) is 0 Å². The third-order valence-electron chi connectivity index (χ3n) is 12.2. The standard InChI is InChI=1S/C30H44O9/c1-16-23(32)24(33)25(34)26(38-16)39-18-6-10-27(2)20-7-11-28(3)19(17-4-5-22(31)37-15-17)9-13-30(28,36)21(20)8-12-29(27,35)14-18/h4-5,15-16,18-21,23-26,32-36H,6-14H2,1-3H3/t16?,18-,19+,20-,21+,23?,24?,25?,26?,27+,28+,29-,30-/m0/s1. The molecule has 39 heavy (non-hydrogen) atoms. The van der Waals surface area contributed by atoms with E-state index in [0.29, 0.717) is 25.7 Å². The van der Waals surface area contributed by atoms with Crippen LogP contribution in [-0.2, 0) is 9.47 Å². The molecule has 1 aliphatic heterocycles. The van der Waals surface area contributed by atoms with Gasteiger partial charge >= 0.3 is 5.63 Å². The fraction of sp³-hybridized carbons (Fsp3) is 0.833. The molecule has 0 bridgehead atoms. The van der Waals surface area contributed by atoms with Crippen molar-refractivity contribution in [1.29, 1.82) is 0 Å². The molecule has 4 aliphatic carbocycles. The average Bonchev–Trinajstić information content (AvgIpc) is 3.18. The molecule has 9 heteroatoms. The van der Waals surface area contributed by atoms with Gasteiger partial charge in [-0.15, -0.1) is 0 Å². The van der Waals surface area contributed by atoms with Crippen LogP contribution in [0.4, 0.5) is 0 Å². The van der Waals surface area contributed by atoms with Crippen molar-refractivity contribution in [3.05, 3.63) is 34.4 Å². The van der Waals surface area contributed by atoms with Crippen molar-refractivity contribution in [2.75, 3.05) is 0 Å². The summed E-state index contributed by atoms with van der Waals surface area (Å²) in [6.45, 7) is 6.01. The first-order chi connectivity index (χ1) is 18.3. The van der Waals surface area contributed by atoms with E-state index in [4.69, 9.17) is 13.9 Å². The zero-order valence-corrected chi connectivity index (χ0v) is 23.2. The molecule has 6 rings (SSSR count). The van der Waals surface area contributed by atoms with Gasteiger partial charge in [0.05, 0.1) is 29.7 Å². The van der Waals surface area contributed by atoms with Crippen LogP contribution in [-0.4, -0.2) is 73.5 Å². The van der Waals surface area contributed by atoms with E-state index in [2.05, 4.69) is 13.8 Å². The highest BCUT2D eigenvalue weighted by atomic mass is 16.7. The van der Waals surface area contributed by atoms with Gasteiger partial charge in [-0.25, -0.2) is 4.79 Å². The van der Waals surface area contributed by atoms with Crippen molar-refractivity contribution in [3.63, 3.8) is 0 Å². The maximum Gasteiger partial charge on any atom is 0.335 e. The summed E-state index contributed by atoms with van der Waals surface area (Å²) in [7, 11) is 0. The SMILES string of the molecule is CC1OC(O[C@H]2CC[C@]3(C)[C@H]4CC[C@]5(C)[C@@H](c6ccc(=O)oc6)CC[C@]5(O)[C@@H]4CC[C@]3(O)C2)C(O)C(O)C1O. The van der Waals surface area contributed by atoms with Crippen LogP contribution in [0.2, 0.25) is 0 Å². The van der Waals surface area contributed by atoms with Gasteiger partial charge in [0.2, 0.25) is 0 Å². The van der Waals surface area contributed by atoms with Gasteiger partial charge in [-0.05, 0) is 93.1 Å². The molecule has 4 saturated carbocycles. The Hall–Kier alpha value is -1.33. The van der Waals surface area contributed by atoms with E-state index in [9.17, 15) is 30.3 Å². The second-order valence-corrected chi connectivity index (χ2v) is 13.7.